The van der Waals surface area contributed by atoms with Crippen molar-refractivity contribution in [3.05, 3.63) is 53.9 Å². The molecule has 3 aromatic rings. The van der Waals surface area contributed by atoms with Gasteiger partial charge in [-0.2, -0.15) is 4.98 Å². The molecule has 0 aliphatic carbocycles. The van der Waals surface area contributed by atoms with E-state index in [-0.39, 0.29) is 6.04 Å². The van der Waals surface area contributed by atoms with Crippen LogP contribution in [0.25, 0.3) is 11.1 Å². The highest BCUT2D eigenvalue weighted by molar-refractivity contribution is 5.76. The Kier molecular flexibility index (Phi) is 3.87. The first-order valence-corrected chi connectivity index (χ1v) is 9.33. The van der Waals surface area contributed by atoms with Crippen molar-refractivity contribution in [2.24, 2.45) is 5.73 Å². The number of hydrogen-bond donors (Lipinski definition) is 1. The number of aromatic nitrogens is 2. The highest BCUT2D eigenvalue weighted by atomic mass is 16.4. The van der Waals surface area contributed by atoms with Gasteiger partial charge in [-0.25, -0.2) is 0 Å². The summed E-state index contributed by atoms with van der Waals surface area (Å²) in [4.78, 5) is 13.9. The van der Waals surface area contributed by atoms with E-state index in [4.69, 9.17) is 15.1 Å². The van der Waals surface area contributed by atoms with Crippen molar-refractivity contribution in [2.45, 2.75) is 24.9 Å². The van der Waals surface area contributed by atoms with Crippen molar-refractivity contribution in [2.75, 3.05) is 31.1 Å². The fraction of sp³-hybridized carbons (Fsp3) is 0.400. The minimum atomic E-state index is -0.213. The van der Waals surface area contributed by atoms with Gasteiger partial charge in [0.2, 0.25) is 0 Å². The molecule has 134 valence electrons. The van der Waals surface area contributed by atoms with Gasteiger partial charge in [0.15, 0.2) is 5.58 Å². The smallest absolute Gasteiger partial charge is 0.298 e. The Labute approximate surface area is 152 Å². The van der Waals surface area contributed by atoms with Crippen LogP contribution in [0.2, 0.25) is 0 Å². The maximum Gasteiger partial charge on any atom is 0.298 e. The van der Waals surface area contributed by atoms with Crippen molar-refractivity contribution in [1.29, 1.82) is 0 Å². The van der Waals surface area contributed by atoms with Crippen LogP contribution >= 0.6 is 0 Å². The van der Waals surface area contributed by atoms with E-state index in [1.165, 1.54) is 25.9 Å². The maximum atomic E-state index is 6.41. The summed E-state index contributed by atoms with van der Waals surface area (Å²) in [5.74, 6) is 0. The predicted octanol–water partition coefficient (Wildman–Crippen LogP) is 2.56. The van der Waals surface area contributed by atoms with Gasteiger partial charge < -0.3 is 20.0 Å². The largest absolute Gasteiger partial charge is 0.423 e. The quantitative estimate of drug-likeness (QED) is 0.783. The topological polar surface area (TPSA) is 71.4 Å². The third-order valence-corrected chi connectivity index (χ3v) is 5.70. The second-order valence-corrected chi connectivity index (χ2v) is 7.25. The number of fused-ring (bicyclic) bond motifs is 5. The number of anilines is 1. The minimum absolute atomic E-state index is 0.213. The van der Waals surface area contributed by atoms with E-state index in [0.29, 0.717) is 6.04 Å². The van der Waals surface area contributed by atoms with Crippen LogP contribution in [-0.4, -0.2) is 47.1 Å². The average molecular weight is 349 g/mol. The zero-order valence-electron chi connectivity index (χ0n) is 14.7. The van der Waals surface area contributed by atoms with Crippen molar-refractivity contribution < 1.29 is 4.42 Å². The van der Waals surface area contributed by atoms with E-state index in [9.17, 15) is 0 Å². The van der Waals surface area contributed by atoms with Gasteiger partial charge in [0.1, 0.15) is 5.52 Å². The van der Waals surface area contributed by atoms with Crippen molar-refractivity contribution in [3.8, 4) is 0 Å². The monoisotopic (exact) mass is 349 g/mol. The Balaban J connectivity index is 1.46. The average Bonchev–Trinajstić information content (AvgIpc) is 2.88. The van der Waals surface area contributed by atoms with Crippen molar-refractivity contribution >= 4 is 17.1 Å². The van der Waals surface area contributed by atoms with Crippen LogP contribution in [0.5, 0.6) is 0 Å². The number of nitrogens with two attached hydrogens (primary N) is 1. The SMILES string of the molecule is NC(c1cccnc1)c1ccc2oc(N3CCN4CCC3CC4)nc2c1. The second kappa shape index (κ2) is 6.37. The summed E-state index contributed by atoms with van der Waals surface area (Å²) < 4.78 is 6.10. The lowest BCUT2D eigenvalue weighted by Gasteiger charge is -2.30. The van der Waals surface area contributed by atoms with E-state index in [2.05, 4.69) is 14.8 Å². The van der Waals surface area contributed by atoms with E-state index in [1.807, 2.05) is 36.5 Å². The van der Waals surface area contributed by atoms with Gasteiger partial charge in [0, 0.05) is 44.6 Å². The molecule has 1 unspecified atom stereocenters. The van der Waals surface area contributed by atoms with Crippen LogP contribution in [0.1, 0.15) is 30.0 Å². The maximum absolute atomic E-state index is 6.41. The Morgan fingerprint density at radius 3 is 2.77 bits per heavy atom. The Morgan fingerprint density at radius 1 is 1.08 bits per heavy atom. The molecule has 5 heterocycles. The molecule has 0 saturated carbocycles. The molecule has 1 atom stereocenters. The fourth-order valence-corrected chi connectivity index (χ4v) is 4.14. The van der Waals surface area contributed by atoms with Crippen LogP contribution < -0.4 is 10.6 Å². The van der Waals surface area contributed by atoms with Gasteiger partial charge in [-0.15, -0.1) is 0 Å². The second-order valence-electron chi connectivity index (χ2n) is 7.25. The van der Waals surface area contributed by atoms with E-state index < -0.39 is 0 Å². The molecular formula is C20H23N5O. The number of nitrogens with zero attached hydrogens (tertiary/aromatic N) is 4. The standard InChI is InChI=1S/C20H23N5O/c21-19(15-2-1-7-22-13-15)14-3-4-18-17(12-14)23-20(26-18)25-11-10-24-8-5-16(25)6-9-24/h1-4,7,12-13,16,19H,5-6,8-11,21H2. The van der Waals surface area contributed by atoms with Crippen molar-refractivity contribution in [1.82, 2.24) is 14.9 Å². The first-order valence-electron chi connectivity index (χ1n) is 9.33. The lowest BCUT2D eigenvalue weighted by molar-refractivity contribution is 0.249. The molecule has 6 rings (SSSR count). The van der Waals surface area contributed by atoms with E-state index in [1.54, 1.807) is 6.20 Å². The molecule has 26 heavy (non-hydrogen) atoms. The molecular weight excluding hydrogens is 326 g/mol. The van der Waals surface area contributed by atoms with E-state index >= 15 is 0 Å². The lowest BCUT2D eigenvalue weighted by Crippen LogP contribution is -2.38. The van der Waals surface area contributed by atoms with Crippen LogP contribution in [-0.2, 0) is 0 Å². The number of pyridine rings is 1. The summed E-state index contributed by atoms with van der Waals surface area (Å²) in [5, 5.41) is 0. The highest BCUT2D eigenvalue weighted by Crippen LogP contribution is 2.30. The van der Waals surface area contributed by atoms with Gasteiger partial charge >= 0.3 is 0 Å². The van der Waals surface area contributed by atoms with Gasteiger partial charge in [-0.3, -0.25) is 4.98 Å². The Bertz CT molecular complexity index is 901. The predicted molar refractivity (Wildman–Crippen MR) is 101 cm³/mol. The third-order valence-electron chi connectivity index (χ3n) is 5.70. The molecule has 3 saturated heterocycles. The van der Waals surface area contributed by atoms with Gasteiger partial charge in [-0.1, -0.05) is 12.1 Å². The Morgan fingerprint density at radius 2 is 1.96 bits per heavy atom. The van der Waals surface area contributed by atoms with Crippen LogP contribution in [0.3, 0.4) is 0 Å². The summed E-state index contributed by atoms with van der Waals surface area (Å²) in [6, 6.07) is 11.0. The number of hydrogen-bond acceptors (Lipinski definition) is 6. The molecule has 0 amide bonds. The zero-order chi connectivity index (χ0) is 17.5. The van der Waals surface area contributed by atoms with Crippen LogP contribution in [0.4, 0.5) is 6.01 Å². The summed E-state index contributed by atoms with van der Waals surface area (Å²) >= 11 is 0. The lowest BCUT2D eigenvalue weighted by atomic mass is 10.0. The fourth-order valence-electron chi connectivity index (χ4n) is 4.14. The minimum Gasteiger partial charge on any atom is -0.423 e. The molecule has 6 nitrogen and oxygen atoms in total. The summed E-state index contributed by atoms with van der Waals surface area (Å²) in [5.41, 5.74) is 10.1. The van der Waals surface area contributed by atoms with Gasteiger partial charge in [0.25, 0.3) is 6.01 Å². The Hall–Kier alpha value is -2.44. The first kappa shape index (κ1) is 15.8. The van der Waals surface area contributed by atoms with Crippen LogP contribution in [0.15, 0.2) is 47.1 Å². The summed E-state index contributed by atoms with van der Waals surface area (Å²) in [7, 11) is 0. The molecule has 3 aliphatic rings. The van der Waals surface area contributed by atoms with Crippen molar-refractivity contribution in [3.63, 3.8) is 0 Å². The van der Waals surface area contributed by atoms with Gasteiger partial charge in [0.05, 0.1) is 6.04 Å². The molecule has 6 heteroatoms. The first-order chi connectivity index (χ1) is 12.8. The number of piperidine rings is 1. The number of rotatable bonds is 3. The molecule has 0 radical (unpaired) electrons. The molecule has 1 aromatic carbocycles. The molecule has 3 aliphatic heterocycles. The number of benzene rings is 1. The zero-order valence-corrected chi connectivity index (χ0v) is 14.7. The summed E-state index contributed by atoms with van der Waals surface area (Å²) in [6.45, 7) is 4.45. The summed E-state index contributed by atoms with van der Waals surface area (Å²) in [6.07, 6.45) is 5.95. The number of oxazole rings is 1. The molecule has 2 aromatic heterocycles. The van der Waals surface area contributed by atoms with Crippen LogP contribution in [0, 0.1) is 0 Å². The molecule has 3 fully saturated rings. The molecule has 2 bridgehead atoms. The third kappa shape index (κ3) is 2.75. The highest BCUT2D eigenvalue weighted by Gasteiger charge is 2.31. The molecule has 0 spiro atoms. The molecule has 2 N–H and O–H groups in total. The van der Waals surface area contributed by atoms with E-state index in [0.717, 1.165) is 41.3 Å². The van der Waals surface area contributed by atoms with Gasteiger partial charge in [-0.05, 0) is 42.2 Å². The normalized spacial score (nSPS) is 24.0.